The fourth-order valence-corrected chi connectivity index (χ4v) is 7.54. The number of nitrogens with zero attached hydrogens (tertiary/aromatic N) is 2. The molecule has 2 fully saturated rings. The Kier molecular flexibility index (Phi) is 5.95. The Balaban J connectivity index is 1.59. The molecule has 2 aromatic carbocycles. The third-order valence-electron chi connectivity index (χ3n) is 4.81. The van der Waals surface area contributed by atoms with Crippen molar-refractivity contribution in [3.8, 4) is 11.5 Å². The number of anilines is 1. The van der Waals surface area contributed by atoms with Crippen molar-refractivity contribution in [2.75, 3.05) is 30.1 Å². The van der Waals surface area contributed by atoms with Gasteiger partial charge in [0.2, 0.25) is 0 Å². The Morgan fingerprint density at radius 1 is 1.20 bits per heavy atom. The summed E-state index contributed by atoms with van der Waals surface area (Å²) in [5.74, 6) is 0.701. The second-order valence-electron chi connectivity index (χ2n) is 6.87. The molecule has 0 aliphatic carbocycles. The average Bonchev–Trinajstić information content (AvgIpc) is 3.18. The van der Waals surface area contributed by atoms with Gasteiger partial charge in [0.05, 0.1) is 30.3 Å². The summed E-state index contributed by atoms with van der Waals surface area (Å²) < 4.78 is 35.3. The lowest BCUT2D eigenvalue weighted by Crippen LogP contribution is -2.38. The van der Waals surface area contributed by atoms with Crippen LogP contribution in [0.15, 0.2) is 53.5 Å². The van der Waals surface area contributed by atoms with Gasteiger partial charge in [-0.15, -0.1) is 0 Å². The molecule has 2 aliphatic rings. The molecule has 2 heterocycles. The van der Waals surface area contributed by atoms with Crippen LogP contribution in [0.3, 0.4) is 0 Å². The first-order chi connectivity index (χ1) is 14.4. The largest absolute Gasteiger partial charge is 0.495 e. The van der Waals surface area contributed by atoms with Gasteiger partial charge in [0, 0.05) is 10.3 Å². The molecule has 0 bridgehead atoms. The summed E-state index contributed by atoms with van der Waals surface area (Å²) in [6, 6.07) is 13.7. The molecule has 0 saturated carbocycles. The molecule has 2 atom stereocenters. The maximum Gasteiger partial charge on any atom is 0.285 e. The Labute approximate surface area is 183 Å². The van der Waals surface area contributed by atoms with Gasteiger partial charge in [-0.1, -0.05) is 35.5 Å². The van der Waals surface area contributed by atoms with Crippen LogP contribution in [-0.2, 0) is 14.6 Å². The Morgan fingerprint density at radius 3 is 2.67 bits per heavy atom. The molecule has 1 amide bonds. The van der Waals surface area contributed by atoms with Crippen molar-refractivity contribution >= 4 is 50.0 Å². The van der Waals surface area contributed by atoms with Crippen molar-refractivity contribution in [3.05, 3.63) is 53.6 Å². The summed E-state index contributed by atoms with van der Waals surface area (Å²) in [6.45, 7) is -0.237. The van der Waals surface area contributed by atoms with Crippen molar-refractivity contribution in [3.63, 3.8) is 0 Å². The van der Waals surface area contributed by atoms with Crippen LogP contribution in [0.2, 0.25) is 5.02 Å². The number of amides is 1. The zero-order chi connectivity index (χ0) is 21.3. The minimum absolute atomic E-state index is 0.0111. The molecule has 0 unspecified atom stereocenters. The van der Waals surface area contributed by atoms with E-state index in [1.165, 1.54) is 11.8 Å². The molecule has 0 N–H and O–H groups in total. The molecular weight excluding hydrogens is 448 g/mol. The number of carbonyl (C=O) groups is 1. The molecular formula is C20H19ClN2O5S2. The van der Waals surface area contributed by atoms with Crippen molar-refractivity contribution in [1.29, 1.82) is 0 Å². The molecule has 7 nitrogen and oxygen atoms in total. The highest BCUT2D eigenvalue weighted by atomic mass is 35.5. The number of methoxy groups -OCH3 is 1. The van der Waals surface area contributed by atoms with E-state index in [1.54, 1.807) is 42.3 Å². The van der Waals surface area contributed by atoms with Gasteiger partial charge < -0.3 is 14.4 Å². The van der Waals surface area contributed by atoms with E-state index in [-0.39, 0.29) is 29.4 Å². The van der Waals surface area contributed by atoms with Gasteiger partial charge in [0.1, 0.15) is 11.5 Å². The SMILES string of the molecule is COc1ccccc1N1C(=NC(=O)COc2ccc(Cl)cc2)S[C@@H]2CS(=O)(=O)C[C@@H]21. The Bertz CT molecular complexity index is 1090. The molecule has 0 radical (unpaired) electrons. The van der Waals surface area contributed by atoms with Crippen LogP contribution in [0, 0.1) is 0 Å². The highest BCUT2D eigenvalue weighted by Gasteiger charge is 2.50. The maximum atomic E-state index is 12.5. The first-order valence-electron chi connectivity index (χ1n) is 9.15. The number of hydrogen-bond acceptors (Lipinski definition) is 6. The molecule has 30 heavy (non-hydrogen) atoms. The van der Waals surface area contributed by atoms with E-state index in [0.29, 0.717) is 27.4 Å². The second kappa shape index (κ2) is 8.49. The highest BCUT2D eigenvalue weighted by Crippen LogP contribution is 2.43. The van der Waals surface area contributed by atoms with Gasteiger partial charge in [-0.3, -0.25) is 4.79 Å². The molecule has 0 spiro atoms. The number of thioether (sulfide) groups is 1. The number of halogens is 1. The van der Waals surface area contributed by atoms with Gasteiger partial charge in [-0.2, -0.15) is 4.99 Å². The zero-order valence-corrected chi connectivity index (χ0v) is 18.4. The van der Waals surface area contributed by atoms with Crippen LogP contribution in [0.25, 0.3) is 0 Å². The summed E-state index contributed by atoms with van der Waals surface area (Å²) in [5, 5.41) is 0.836. The minimum atomic E-state index is -3.15. The number of amidine groups is 1. The lowest BCUT2D eigenvalue weighted by molar-refractivity contribution is -0.119. The molecule has 0 aromatic heterocycles. The van der Waals surface area contributed by atoms with E-state index in [1.807, 2.05) is 18.2 Å². The van der Waals surface area contributed by atoms with Crippen LogP contribution < -0.4 is 14.4 Å². The Morgan fingerprint density at radius 2 is 1.93 bits per heavy atom. The number of para-hydroxylation sites is 2. The van der Waals surface area contributed by atoms with E-state index >= 15 is 0 Å². The predicted molar refractivity (Wildman–Crippen MR) is 119 cm³/mol. The third kappa shape index (κ3) is 4.43. The van der Waals surface area contributed by atoms with Crippen molar-refractivity contribution in [2.45, 2.75) is 11.3 Å². The Hall–Kier alpha value is -2.23. The van der Waals surface area contributed by atoms with Crippen LogP contribution in [0.5, 0.6) is 11.5 Å². The van der Waals surface area contributed by atoms with Crippen molar-refractivity contribution < 1.29 is 22.7 Å². The number of sulfone groups is 1. The first-order valence-corrected chi connectivity index (χ1v) is 12.2. The molecule has 2 aromatic rings. The average molecular weight is 467 g/mol. The highest BCUT2D eigenvalue weighted by molar-refractivity contribution is 8.16. The quantitative estimate of drug-likeness (QED) is 0.669. The van der Waals surface area contributed by atoms with E-state index < -0.39 is 15.7 Å². The summed E-state index contributed by atoms with van der Waals surface area (Å²) in [7, 11) is -1.60. The van der Waals surface area contributed by atoms with Crippen molar-refractivity contribution in [2.24, 2.45) is 4.99 Å². The lowest BCUT2D eigenvalue weighted by atomic mass is 10.2. The number of aliphatic imine (C=N–C) groups is 1. The van der Waals surface area contributed by atoms with E-state index in [0.717, 1.165) is 0 Å². The van der Waals surface area contributed by atoms with Crippen LogP contribution >= 0.6 is 23.4 Å². The maximum absolute atomic E-state index is 12.5. The second-order valence-corrected chi connectivity index (χ2v) is 10.7. The predicted octanol–water partition coefficient (Wildman–Crippen LogP) is 3.03. The standard InChI is InChI=1S/C20H19ClN2O5S2/c1-27-17-5-3-2-4-15(17)23-16-11-30(25,26)12-18(16)29-20(23)22-19(24)10-28-14-8-6-13(21)7-9-14/h2-9,16,18H,10-12H2,1H3/t16-,18+/m0/s1. The normalized spacial score (nSPS) is 23.4. The van der Waals surface area contributed by atoms with Gasteiger partial charge in [-0.25, -0.2) is 8.42 Å². The van der Waals surface area contributed by atoms with Gasteiger partial charge >= 0.3 is 0 Å². The van der Waals surface area contributed by atoms with E-state index in [4.69, 9.17) is 21.1 Å². The lowest BCUT2D eigenvalue weighted by Gasteiger charge is -2.26. The van der Waals surface area contributed by atoms with E-state index in [2.05, 4.69) is 4.99 Å². The number of hydrogen-bond donors (Lipinski definition) is 0. The van der Waals surface area contributed by atoms with Gasteiger partial charge in [0.25, 0.3) is 5.91 Å². The monoisotopic (exact) mass is 466 g/mol. The van der Waals surface area contributed by atoms with Gasteiger partial charge in [0.15, 0.2) is 21.6 Å². The molecule has 2 aliphatic heterocycles. The minimum Gasteiger partial charge on any atom is -0.495 e. The van der Waals surface area contributed by atoms with Crippen LogP contribution in [0.4, 0.5) is 5.69 Å². The number of carbonyl (C=O) groups excluding carboxylic acids is 1. The van der Waals surface area contributed by atoms with Crippen LogP contribution in [0.1, 0.15) is 0 Å². The number of fused-ring (bicyclic) bond motifs is 1. The molecule has 10 heteroatoms. The molecule has 4 rings (SSSR count). The smallest absolute Gasteiger partial charge is 0.285 e. The molecule has 2 saturated heterocycles. The van der Waals surface area contributed by atoms with Crippen LogP contribution in [-0.4, -0.2) is 56.0 Å². The zero-order valence-electron chi connectivity index (χ0n) is 16.0. The third-order valence-corrected chi connectivity index (χ3v) is 8.27. The number of rotatable bonds is 5. The first kappa shape index (κ1) is 21.0. The number of ether oxygens (including phenoxy) is 2. The molecule has 158 valence electrons. The number of benzene rings is 2. The topological polar surface area (TPSA) is 85.3 Å². The van der Waals surface area contributed by atoms with Gasteiger partial charge in [-0.05, 0) is 36.4 Å². The summed E-state index contributed by atoms with van der Waals surface area (Å²) in [5.41, 5.74) is 0.683. The van der Waals surface area contributed by atoms with Crippen molar-refractivity contribution in [1.82, 2.24) is 0 Å². The van der Waals surface area contributed by atoms with E-state index in [9.17, 15) is 13.2 Å². The fraction of sp³-hybridized carbons (Fsp3) is 0.300. The summed E-state index contributed by atoms with van der Waals surface area (Å²) in [6.07, 6.45) is 0. The summed E-state index contributed by atoms with van der Waals surface area (Å²) in [4.78, 5) is 18.5. The summed E-state index contributed by atoms with van der Waals surface area (Å²) >= 11 is 7.15. The fourth-order valence-electron chi connectivity index (χ4n) is 3.49.